The molecule has 0 fully saturated rings. The number of carbonyl (C=O) groups is 2. The van der Waals surface area contributed by atoms with Crippen LogP contribution in [0.3, 0.4) is 0 Å². The number of H-pyrrole nitrogens is 1. The molecule has 1 heterocycles. The number of aromatic amines is 1. The average molecular weight is 285 g/mol. The van der Waals surface area contributed by atoms with Crippen molar-refractivity contribution in [1.82, 2.24) is 4.98 Å². The molecule has 0 unspecified atom stereocenters. The Kier molecular flexibility index (Phi) is 4.93. The minimum absolute atomic E-state index is 0.222. The standard InChI is InChI=1S/C17H19NO3/c1-3-13-14(4-2)16(18-15(13)10-19)17(20)21-11-12-8-6-5-7-9-12/h5-10,18H,3-4,11H2,1-2H3. The Hall–Kier alpha value is -2.36. The van der Waals surface area contributed by atoms with Crippen molar-refractivity contribution in [2.24, 2.45) is 0 Å². The third-order valence-electron chi connectivity index (χ3n) is 3.49. The highest BCUT2D eigenvalue weighted by Crippen LogP contribution is 2.21. The Morgan fingerprint density at radius 2 is 1.81 bits per heavy atom. The lowest BCUT2D eigenvalue weighted by atomic mass is 10.0. The number of aromatic nitrogens is 1. The lowest BCUT2D eigenvalue weighted by Gasteiger charge is -2.06. The summed E-state index contributed by atoms with van der Waals surface area (Å²) >= 11 is 0. The van der Waals surface area contributed by atoms with Gasteiger partial charge in [-0.1, -0.05) is 44.2 Å². The second-order valence-corrected chi connectivity index (χ2v) is 4.76. The van der Waals surface area contributed by atoms with E-state index in [1.54, 1.807) is 0 Å². The van der Waals surface area contributed by atoms with Crippen molar-refractivity contribution in [3.8, 4) is 0 Å². The van der Waals surface area contributed by atoms with Gasteiger partial charge in [-0.3, -0.25) is 4.79 Å². The van der Waals surface area contributed by atoms with Gasteiger partial charge in [-0.05, 0) is 29.5 Å². The van der Waals surface area contributed by atoms with Crippen molar-refractivity contribution >= 4 is 12.3 Å². The molecule has 0 aliphatic carbocycles. The number of ether oxygens (including phenoxy) is 1. The van der Waals surface area contributed by atoms with Crippen molar-refractivity contribution in [2.75, 3.05) is 0 Å². The van der Waals surface area contributed by atoms with E-state index in [4.69, 9.17) is 4.74 Å². The van der Waals surface area contributed by atoms with Crippen LogP contribution in [0.5, 0.6) is 0 Å². The fourth-order valence-electron chi connectivity index (χ4n) is 2.46. The van der Waals surface area contributed by atoms with Gasteiger partial charge >= 0.3 is 5.97 Å². The third kappa shape index (κ3) is 3.21. The maximum atomic E-state index is 12.2. The van der Waals surface area contributed by atoms with Crippen molar-refractivity contribution < 1.29 is 14.3 Å². The summed E-state index contributed by atoms with van der Waals surface area (Å²) in [5.74, 6) is -0.418. The molecule has 4 heteroatoms. The van der Waals surface area contributed by atoms with Crippen LogP contribution in [0.4, 0.5) is 0 Å². The van der Waals surface area contributed by atoms with Gasteiger partial charge in [0.2, 0.25) is 0 Å². The highest BCUT2D eigenvalue weighted by molar-refractivity contribution is 5.92. The molecule has 1 aromatic heterocycles. The molecule has 21 heavy (non-hydrogen) atoms. The molecule has 2 rings (SSSR count). The Morgan fingerprint density at radius 3 is 2.38 bits per heavy atom. The molecule has 2 aromatic rings. The van der Waals surface area contributed by atoms with Gasteiger partial charge in [-0.2, -0.15) is 0 Å². The van der Waals surface area contributed by atoms with E-state index >= 15 is 0 Å². The molecule has 0 aliphatic heterocycles. The van der Waals surface area contributed by atoms with E-state index in [2.05, 4.69) is 4.98 Å². The first-order valence-corrected chi connectivity index (χ1v) is 7.11. The first-order chi connectivity index (χ1) is 10.2. The summed E-state index contributed by atoms with van der Waals surface area (Å²) in [6.07, 6.45) is 2.15. The SMILES string of the molecule is CCc1c(C=O)[nH]c(C(=O)OCc2ccccc2)c1CC. The fourth-order valence-corrected chi connectivity index (χ4v) is 2.46. The van der Waals surface area contributed by atoms with Crippen molar-refractivity contribution in [1.29, 1.82) is 0 Å². The van der Waals surface area contributed by atoms with Gasteiger partial charge in [0, 0.05) is 0 Å². The zero-order valence-corrected chi connectivity index (χ0v) is 12.3. The number of carbonyl (C=O) groups excluding carboxylic acids is 2. The summed E-state index contributed by atoms with van der Waals surface area (Å²) in [6.45, 7) is 4.15. The molecule has 0 aliphatic rings. The predicted molar refractivity (Wildman–Crippen MR) is 80.5 cm³/mol. The topological polar surface area (TPSA) is 59.2 Å². The van der Waals surface area contributed by atoms with Crippen LogP contribution in [0, 0.1) is 0 Å². The maximum Gasteiger partial charge on any atom is 0.355 e. The molecule has 0 saturated heterocycles. The molecule has 0 bridgehead atoms. The number of rotatable bonds is 6. The molecule has 0 spiro atoms. The number of benzene rings is 1. The number of hydrogen-bond acceptors (Lipinski definition) is 3. The van der Waals surface area contributed by atoms with E-state index in [0.717, 1.165) is 23.0 Å². The van der Waals surface area contributed by atoms with Gasteiger partial charge in [0.05, 0.1) is 5.69 Å². The van der Waals surface area contributed by atoms with E-state index in [9.17, 15) is 9.59 Å². The van der Waals surface area contributed by atoms with Crippen LogP contribution < -0.4 is 0 Å². The quantitative estimate of drug-likeness (QED) is 0.654. The van der Waals surface area contributed by atoms with Crippen LogP contribution in [0.1, 0.15) is 51.5 Å². The van der Waals surface area contributed by atoms with Gasteiger partial charge in [-0.25, -0.2) is 4.79 Å². The van der Waals surface area contributed by atoms with Gasteiger partial charge in [0.1, 0.15) is 12.3 Å². The van der Waals surface area contributed by atoms with Crippen LogP contribution in [0.15, 0.2) is 30.3 Å². The molecule has 1 aromatic carbocycles. The summed E-state index contributed by atoms with van der Waals surface area (Å²) in [4.78, 5) is 26.2. The Balaban J connectivity index is 2.19. The smallest absolute Gasteiger partial charge is 0.355 e. The first-order valence-electron chi connectivity index (χ1n) is 7.11. The number of aldehydes is 1. The maximum absolute atomic E-state index is 12.2. The van der Waals surface area contributed by atoms with Crippen molar-refractivity contribution in [3.05, 3.63) is 58.4 Å². The molecule has 0 amide bonds. The summed E-state index contributed by atoms with van der Waals surface area (Å²) in [6, 6.07) is 9.51. The van der Waals surface area contributed by atoms with E-state index in [0.29, 0.717) is 24.2 Å². The summed E-state index contributed by atoms with van der Waals surface area (Å²) in [5.41, 5.74) is 3.58. The highest BCUT2D eigenvalue weighted by Gasteiger charge is 2.20. The second-order valence-electron chi connectivity index (χ2n) is 4.76. The molecular formula is C17H19NO3. The monoisotopic (exact) mass is 285 g/mol. The van der Waals surface area contributed by atoms with E-state index in [1.165, 1.54) is 0 Å². The second kappa shape index (κ2) is 6.88. The van der Waals surface area contributed by atoms with Crippen LogP contribution in [-0.2, 0) is 24.2 Å². The largest absolute Gasteiger partial charge is 0.456 e. The van der Waals surface area contributed by atoms with Gasteiger partial charge in [0.25, 0.3) is 0 Å². The number of nitrogens with one attached hydrogen (secondary N) is 1. The average Bonchev–Trinajstić information content (AvgIpc) is 2.91. The van der Waals surface area contributed by atoms with Crippen molar-refractivity contribution in [3.63, 3.8) is 0 Å². The van der Waals surface area contributed by atoms with Crippen LogP contribution in [0.2, 0.25) is 0 Å². The van der Waals surface area contributed by atoms with Gasteiger partial charge in [0.15, 0.2) is 6.29 Å². The Morgan fingerprint density at radius 1 is 1.14 bits per heavy atom. The lowest BCUT2D eigenvalue weighted by molar-refractivity contribution is 0.0465. The highest BCUT2D eigenvalue weighted by atomic mass is 16.5. The minimum atomic E-state index is -0.418. The summed E-state index contributed by atoms with van der Waals surface area (Å²) < 4.78 is 5.33. The molecule has 110 valence electrons. The Bertz CT molecular complexity index is 629. The molecular weight excluding hydrogens is 266 g/mol. The van der Waals surface area contributed by atoms with E-state index in [1.807, 2.05) is 44.2 Å². The van der Waals surface area contributed by atoms with E-state index < -0.39 is 5.97 Å². The van der Waals surface area contributed by atoms with Gasteiger partial charge in [-0.15, -0.1) is 0 Å². The van der Waals surface area contributed by atoms with Gasteiger partial charge < -0.3 is 9.72 Å². The normalized spacial score (nSPS) is 10.4. The fraction of sp³-hybridized carbons (Fsp3) is 0.294. The summed E-state index contributed by atoms with van der Waals surface area (Å²) in [5, 5.41) is 0. The zero-order chi connectivity index (χ0) is 15.2. The summed E-state index contributed by atoms with van der Waals surface area (Å²) in [7, 11) is 0. The molecule has 0 radical (unpaired) electrons. The lowest BCUT2D eigenvalue weighted by Crippen LogP contribution is -2.08. The molecule has 0 atom stereocenters. The molecule has 1 N–H and O–H groups in total. The molecule has 0 saturated carbocycles. The Labute approximate surface area is 124 Å². The number of esters is 1. The number of hydrogen-bond donors (Lipinski definition) is 1. The minimum Gasteiger partial charge on any atom is -0.456 e. The van der Waals surface area contributed by atoms with Crippen LogP contribution in [-0.4, -0.2) is 17.2 Å². The molecule has 4 nitrogen and oxygen atoms in total. The van der Waals surface area contributed by atoms with E-state index in [-0.39, 0.29) is 6.61 Å². The van der Waals surface area contributed by atoms with Crippen molar-refractivity contribution in [2.45, 2.75) is 33.3 Å². The third-order valence-corrected chi connectivity index (χ3v) is 3.49. The first kappa shape index (κ1) is 15.0. The zero-order valence-electron chi connectivity index (χ0n) is 12.3. The van der Waals surface area contributed by atoms with Crippen LogP contribution >= 0.6 is 0 Å². The predicted octanol–water partition coefficient (Wildman–Crippen LogP) is 3.31. The van der Waals surface area contributed by atoms with Crippen LogP contribution in [0.25, 0.3) is 0 Å².